The normalized spacial score (nSPS) is 39.1. The van der Waals surface area contributed by atoms with Crippen LogP contribution in [-0.4, -0.2) is 117 Å². The van der Waals surface area contributed by atoms with Crippen LogP contribution in [0, 0.1) is 5.92 Å². The third-order valence-corrected chi connectivity index (χ3v) is 7.91. The van der Waals surface area contributed by atoms with Crippen molar-refractivity contribution in [1.29, 1.82) is 0 Å². The highest BCUT2D eigenvalue weighted by Crippen LogP contribution is 2.25. The van der Waals surface area contributed by atoms with Gasteiger partial charge in [0.1, 0.15) is 6.29 Å². The molecule has 7 atom stereocenters. The molecule has 0 bridgehead atoms. The molecule has 0 aromatic carbocycles. The first-order valence-electron chi connectivity index (χ1n) is 13.4. The lowest BCUT2D eigenvalue weighted by atomic mass is 9.94. The molecule has 4 heterocycles. The van der Waals surface area contributed by atoms with E-state index in [2.05, 4.69) is 62.3 Å². The SMILES string of the molecule is CCOCCN1NC(CC)C2NC(N3CCN(CCN)CC3)NC(NC3CC(C)CCN3)C21. The number of hydrogen-bond acceptors (Lipinski definition) is 10. The second-order valence-electron chi connectivity index (χ2n) is 10.2. The Kier molecular flexibility index (Phi) is 9.75. The third kappa shape index (κ3) is 6.43. The van der Waals surface area contributed by atoms with E-state index in [0.717, 1.165) is 77.9 Å². The molecule has 0 aromatic rings. The Balaban J connectivity index is 1.47. The molecule has 10 heteroatoms. The van der Waals surface area contributed by atoms with Crippen molar-refractivity contribution < 1.29 is 4.74 Å². The van der Waals surface area contributed by atoms with E-state index >= 15 is 0 Å². The largest absolute Gasteiger partial charge is 0.380 e. The van der Waals surface area contributed by atoms with E-state index in [9.17, 15) is 0 Å². The third-order valence-electron chi connectivity index (χ3n) is 7.91. The Bertz CT molecular complexity index is 576. The summed E-state index contributed by atoms with van der Waals surface area (Å²) in [5.41, 5.74) is 9.60. The number of hydrogen-bond donors (Lipinski definition) is 6. The van der Waals surface area contributed by atoms with E-state index in [0.29, 0.717) is 24.3 Å². The number of piperazine rings is 1. The number of ether oxygens (including phenoxy) is 1. The molecule has 33 heavy (non-hydrogen) atoms. The van der Waals surface area contributed by atoms with Crippen LogP contribution in [0.1, 0.15) is 40.0 Å². The van der Waals surface area contributed by atoms with Crippen LogP contribution in [0.25, 0.3) is 0 Å². The maximum absolute atomic E-state index is 5.78. The average Bonchev–Trinajstić information content (AvgIpc) is 3.18. The number of hydrazine groups is 1. The Morgan fingerprint density at radius 3 is 2.61 bits per heavy atom. The summed E-state index contributed by atoms with van der Waals surface area (Å²) >= 11 is 0. The van der Waals surface area contributed by atoms with E-state index in [-0.39, 0.29) is 12.5 Å². The van der Waals surface area contributed by atoms with Gasteiger partial charge in [-0.05, 0) is 38.6 Å². The Labute approximate surface area is 200 Å². The molecular formula is C23H49N9O. The van der Waals surface area contributed by atoms with Crippen LogP contribution in [-0.2, 0) is 4.74 Å². The van der Waals surface area contributed by atoms with Crippen LogP contribution < -0.4 is 32.4 Å². The van der Waals surface area contributed by atoms with Gasteiger partial charge in [-0.15, -0.1) is 0 Å². The molecule has 0 radical (unpaired) electrons. The van der Waals surface area contributed by atoms with Crippen LogP contribution in [0.15, 0.2) is 0 Å². The summed E-state index contributed by atoms with van der Waals surface area (Å²) in [5.74, 6) is 0.756. The molecular weight excluding hydrogens is 418 g/mol. The van der Waals surface area contributed by atoms with E-state index in [1.54, 1.807) is 0 Å². The van der Waals surface area contributed by atoms with Gasteiger partial charge in [-0.3, -0.25) is 25.8 Å². The number of fused-ring (bicyclic) bond motifs is 1. The van der Waals surface area contributed by atoms with Gasteiger partial charge in [-0.2, -0.15) is 0 Å². The molecule has 7 N–H and O–H groups in total. The zero-order valence-electron chi connectivity index (χ0n) is 21.1. The van der Waals surface area contributed by atoms with Crippen molar-refractivity contribution in [2.24, 2.45) is 11.7 Å². The molecule has 0 spiro atoms. The van der Waals surface area contributed by atoms with Gasteiger partial charge in [0.05, 0.1) is 25.0 Å². The van der Waals surface area contributed by atoms with Crippen molar-refractivity contribution in [2.45, 2.75) is 76.8 Å². The van der Waals surface area contributed by atoms with Crippen molar-refractivity contribution >= 4 is 0 Å². The molecule has 192 valence electrons. The molecule has 4 rings (SSSR count). The van der Waals surface area contributed by atoms with Gasteiger partial charge in [0.2, 0.25) is 0 Å². The minimum absolute atomic E-state index is 0.174. The number of nitrogens with one attached hydrogen (secondary N) is 5. The predicted octanol–water partition coefficient (Wildman–Crippen LogP) is -1.33. The molecule has 0 saturated carbocycles. The van der Waals surface area contributed by atoms with Gasteiger partial charge in [0.25, 0.3) is 0 Å². The molecule has 7 unspecified atom stereocenters. The van der Waals surface area contributed by atoms with Crippen LogP contribution in [0.3, 0.4) is 0 Å². The molecule has 4 saturated heterocycles. The maximum Gasteiger partial charge on any atom is 0.116 e. The van der Waals surface area contributed by atoms with Crippen molar-refractivity contribution in [1.82, 2.24) is 41.5 Å². The minimum Gasteiger partial charge on any atom is -0.380 e. The van der Waals surface area contributed by atoms with E-state index in [1.165, 1.54) is 12.8 Å². The summed E-state index contributed by atoms with van der Waals surface area (Å²) in [6.07, 6.45) is 4.25. The number of rotatable bonds is 10. The van der Waals surface area contributed by atoms with Gasteiger partial charge < -0.3 is 15.8 Å². The molecule has 0 amide bonds. The van der Waals surface area contributed by atoms with Crippen molar-refractivity contribution in [2.75, 3.05) is 65.6 Å². The smallest absolute Gasteiger partial charge is 0.116 e. The number of nitrogens with zero attached hydrogens (tertiary/aromatic N) is 3. The monoisotopic (exact) mass is 467 g/mol. The first-order valence-corrected chi connectivity index (χ1v) is 13.4. The van der Waals surface area contributed by atoms with Crippen molar-refractivity contribution in [3.63, 3.8) is 0 Å². The molecule has 0 aromatic heterocycles. The highest BCUT2D eigenvalue weighted by molar-refractivity contribution is 5.07. The highest BCUT2D eigenvalue weighted by Gasteiger charge is 2.50. The van der Waals surface area contributed by atoms with Crippen LogP contribution in [0.2, 0.25) is 0 Å². The Morgan fingerprint density at radius 1 is 1.09 bits per heavy atom. The Morgan fingerprint density at radius 2 is 1.91 bits per heavy atom. The van der Waals surface area contributed by atoms with Crippen molar-refractivity contribution in [3.05, 3.63) is 0 Å². The first-order chi connectivity index (χ1) is 16.1. The minimum atomic E-state index is 0.174. The lowest BCUT2D eigenvalue weighted by Gasteiger charge is -2.50. The van der Waals surface area contributed by atoms with Crippen LogP contribution >= 0.6 is 0 Å². The first kappa shape index (κ1) is 25.7. The highest BCUT2D eigenvalue weighted by atomic mass is 16.5. The standard InChI is InChI=1S/C23H49N9O/c1-4-18-20-21(32(29-18)14-15-33-5-2)22(26-19-16-17(3)6-8-25-19)28-23(27-20)31-12-10-30(9-7-24)11-13-31/h17-23,25-29H,4-16,24H2,1-3H3. The second-order valence-corrected chi connectivity index (χ2v) is 10.2. The summed E-state index contributed by atoms with van der Waals surface area (Å²) in [6.45, 7) is 16.3. The van der Waals surface area contributed by atoms with Gasteiger partial charge >= 0.3 is 0 Å². The lowest BCUT2D eigenvalue weighted by Crippen LogP contribution is -2.77. The van der Waals surface area contributed by atoms with Crippen LogP contribution in [0.4, 0.5) is 0 Å². The number of nitrogens with two attached hydrogens (primary N) is 1. The van der Waals surface area contributed by atoms with Gasteiger partial charge in [0.15, 0.2) is 0 Å². The van der Waals surface area contributed by atoms with Gasteiger partial charge in [-0.1, -0.05) is 13.8 Å². The Hall–Kier alpha value is -0.400. The van der Waals surface area contributed by atoms with Crippen molar-refractivity contribution in [3.8, 4) is 0 Å². The summed E-state index contributed by atoms with van der Waals surface area (Å²) in [6, 6.07) is 1.12. The van der Waals surface area contributed by atoms with E-state index < -0.39 is 0 Å². The fourth-order valence-electron chi connectivity index (χ4n) is 6.01. The second kappa shape index (κ2) is 12.5. The molecule has 4 fully saturated rings. The summed E-state index contributed by atoms with van der Waals surface area (Å²) in [7, 11) is 0. The zero-order chi connectivity index (χ0) is 23.2. The molecule has 10 nitrogen and oxygen atoms in total. The average molecular weight is 468 g/mol. The maximum atomic E-state index is 5.78. The topological polar surface area (TPSA) is 105 Å². The fraction of sp³-hybridized carbons (Fsp3) is 1.00. The molecule has 0 aliphatic carbocycles. The summed E-state index contributed by atoms with van der Waals surface area (Å²) in [4.78, 5) is 5.05. The fourth-order valence-corrected chi connectivity index (χ4v) is 6.01. The van der Waals surface area contributed by atoms with Crippen LogP contribution in [0.5, 0.6) is 0 Å². The predicted molar refractivity (Wildman–Crippen MR) is 132 cm³/mol. The summed E-state index contributed by atoms with van der Waals surface area (Å²) < 4.78 is 5.71. The zero-order valence-corrected chi connectivity index (χ0v) is 21.1. The molecule has 4 aliphatic heterocycles. The van der Waals surface area contributed by atoms with E-state index in [1.807, 2.05) is 0 Å². The lowest BCUT2D eigenvalue weighted by molar-refractivity contribution is -0.00668. The van der Waals surface area contributed by atoms with E-state index in [4.69, 9.17) is 10.5 Å². The number of piperidine rings is 1. The quantitative estimate of drug-likeness (QED) is 0.217. The summed E-state index contributed by atoms with van der Waals surface area (Å²) in [5, 5.41) is 18.1. The van der Waals surface area contributed by atoms with Gasteiger partial charge in [-0.25, -0.2) is 10.4 Å². The van der Waals surface area contributed by atoms with Gasteiger partial charge in [0, 0.05) is 64.5 Å². The molecule has 4 aliphatic rings.